The summed E-state index contributed by atoms with van der Waals surface area (Å²) in [5.74, 6) is 0.0904. The molecule has 0 fully saturated rings. The number of hydrogen-bond acceptors (Lipinski definition) is 3. The van der Waals surface area contributed by atoms with Gasteiger partial charge in [0.1, 0.15) is 11.3 Å². The van der Waals surface area contributed by atoms with Crippen molar-refractivity contribution in [2.75, 3.05) is 19.7 Å². The molecule has 1 aromatic carbocycles. The van der Waals surface area contributed by atoms with E-state index in [2.05, 4.69) is 6.07 Å². The van der Waals surface area contributed by atoms with Gasteiger partial charge in [-0.1, -0.05) is 13.0 Å². The van der Waals surface area contributed by atoms with E-state index in [1.807, 2.05) is 37.8 Å². The van der Waals surface area contributed by atoms with E-state index in [1.165, 1.54) is 11.1 Å². The predicted octanol–water partition coefficient (Wildman–Crippen LogP) is 3.26. The Morgan fingerprint density at radius 1 is 1.24 bits per heavy atom. The molecule has 0 heterocycles. The molecule has 0 amide bonds. The first-order valence-electron chi connectivity index (χ1n) is 7.47. The lowest BCUT2D eigenvalue weighted by Gasteiger charge is -2.34. The van der Waals surface area contributed by atoms with E-state index in [9.17, 15) is 9.90 Å². The van der Waals surface area contributed by atoms with Gasteiger partial charge in [0, 0.05) is 6.54 Å². The van der Waals surface area contributed by atoms with Crippen LogP contribution in [0.3, 0.4) is 0 Å². The average Bonchev–Trinajstić information content (AvgIpc) is 2.37. The zero-order valence-electron chi connectivity index (χ0n) is 13.8. The maximum absolute atomic E-state index is 11.3. The zero-order chi connectivity index (χ0) is 16.0. The maximum atomic E-state index is 11.3. The third-order valence-electron chi connectivity index (χ3n) is 3.73. The standard InChI is InChI=1S/C17H27NO3/c1-6-18(17(4,5)16(19)20)8-7-9-21-15-11-13(2)10-14(3)12-15/h10-12H,6-9H2,1-5H3,(H,19,20). The molecule has 0 aliphatic carbocycles. The zero-order valence-corrected chi connectivity index (χ0v) is 13.8. The van der Waals surface area contributed by atoms with Gasteiger partial charge in [-0.3, -0.25) is 9.69 Å². The Morgan fingerprint density at radius 3 is 2.29 bits per heavy atom. The minimum atomic E-state index is -0.839. The Labute approximate surface area is 127 Å². The van der Waals surface area contributed by atoms with Crippen LogP contribution >= 0.6 is 0 Å². The molecule has 1 N–H and O–H groups in total. The Bertz CT molecular complexity index is 463. The molecule has 4 heteroatoms. The summed E-state index contributed by atoms with van der Waals surface area (Å²) < 4.78 is 5.76. The Hall–Kier alpha value is -1.55. The van der Waals surface area contributed by atoms with Crippen molar-refractivity contribution in [3.8, 4) is 5.75 Å². The summed E-state index contributed by atoms with van der Waals surface area (Å²) in [7, 11) is 0. The van der Waals surface area contributed by atoms with E-state index >= 15 is 0 Å². The molecule has 0 aliphatic heterocycles. The number of carbonyl (C=O) groups is 1. The third kappa shape index (κ3) is 5.05. The van der Waals surface area contributed by atoms with Crippen LogP contribution in [0.2, 0.25) is 0 Å². The largest absolute Gasteiger partial charge is 0.494 e. The quantitative estimate of drug-likeness (QED) is 0.747. The van der Waals surface area contributed by atoms with E-state index in [-0.39, 0.29) is 0 Å². The fourth-order valence-corrected chi connectivity index (χ4v) is 2.43. The second kappa shape index (κ2) is 7.46. The summed E-state index contributed by atoms with van der Waals surface area (Å²) in [5, 5.41) is 9.27. The number of likely N-dealkylation sites (N-methyl/N-ethyl adjacent to an activating group) is 1. The summed E-state index contributed by atoms with van der Waals surface area (Å²) in [6, 6.07) is 6.15. The minimum absolute atomic E-state index is 0.592. The summed E-state index contributed by atoms with van der Waals surface area (Å²) >= 11 is 0. The highest BCUT2D eigenvalue weighted by Gasteiger charge is 2.32. The van der Waals surface area contributed by atoms with Gasteiger partial charge in [-0.05, 0) is 63.9 Å². The van der Waals surface area contributed by atoms with Crippen LogP contribution in [0.5, 0.6) is 5.75 Å². The summed E-state index contributed by atoms with van der Waals surface area (Å²) in [5.41, 5.74) is 1.54. The lowest BCUT2D eigenvalue weighted by Crippen LogP contribution is -2.50. The van der Waals surface area contributed by atoms with Crippen LogP contribution in [-0.2, 0) is 4.79 Å². The molecule has 0 saturated heterocycles. The first kappa shape index (κ1) is 17.5. The van der Waals surface area contributed by atoms with Crippen LogP contribution in [0.4, 0.5) is 0 Å². The maximum Gasteiger partial charge on any atom is 0.323 e. The van der Waals surface area contributed by atoms with Crippen LogP contribution < -0.4 is 4.74 Å². The summed E-state index contributed by atoms with van der Waals surface area (Å²) in [6.07, 6.45) is 0.803. The monoisotopic (exact) mass is 293 g/mol. The van der Waals surface area contributed by atoms with Gasteiger partial charge in [-0.25, -0.2) is 0 Å². The number of carboxylic acids is 1. The highest BCUT2D eigenvalue weighted by atomic mass is 16.5. The van der Waals surface area contributed by atoms with E-state index in [4.69, 9.17) is 4.74 Å². The molecule has 0 bridgehead atoms. The van der Waals surface area contributed by atoms with Gasteiger partial charge in [-0.15, -0.1) is 0 Å². The highest BCUT2D eigenvalue weighted by molar-refractivity contribution is 5.77. The van der Waals surface area contributed by atoms with Crippen LogP contribution in [0.1, 0.15) is 38.3 Å². The van der Waals surface area contributed by atoms with Crippen LogP contribution in [0, 0.1) is 13.8 Å². The summed E-state index contributed by atoms with van der Waals surface area (Å²) in [4.78, 5) is 13.2. The first-order chi connectivity index (χ1) is 9.77. The topological polar surface area (TPSA) is 49.8 Å². The van der Waals surface area contributed by atoms with Gasteiger partial charge in [0.05, 0.1) is 6.61 Å². The van der Waals surface area contributed by atoms with Crippen molar-refractivity contribution in [3.63, 3.8) is 0 Å². The van der Waals surface area contributed by atoms with Gasteiger partial charge in [0.2, 0.25) is 0 Å². The number of aryl methyl sites for hydroxylation is 2. The van der Waals surface area contributed by atoms with Crippen molar-refractivity contribution in [2.45, 2.75) is 46.6 Å². The van der Waals surface area contributed by atoms with Crippen molar-refractivity contribution in [1.29, 1.82) is 0 Å². The van der Waals surface area contributed by atoms with Gasteiger partial charge < -0.3 is 9.84 Å². The van der Waals surface area contributed by atoms with Gasteiger partial charge in [0.15, 0.2) is 0 Å². The number of rotatable bonds is 8. The molecule has 1 rings (SSSR count). The van der Waals surface area contributed by atoms with Crippen molar-refractivity contribution in [2.24, 2.45) is 0 Å². The van der Waals surface area contributed by atoms with Crippen molar-refractivity contribution in [3.05, 3.63) is 29.3 Å². The molecular formula is C17H27NO3. The number of benzene rings is 1. The van der Waals surface area contributed by atoms with Crippen LogP contribution in [-0.4, -0.2) is 41.2 Å². The molecule has 0 saturated carbocycles. The molecule has 1 aromatic rings. The van der Waals surface area contributed by atoms with E-state index < -0.39 is 11.5 Å². The first-order valence-corrected chi connectivity index (χ1v) is 7.47. The van der Waals surface area contributed by atoms with E-state index in [0.717, 1.165) is 12.2 Å². The Balaban J connectivity index is 2.47. The average molecular weight is 293 g/mol. The second-order valence-electron chi connectivity index (χ2n) is 5.97. The fraction of sp³-hybridized carbons (Fsp3) is 0.588. The number of ether oxygens (including phenoxy) is 1. The number of aliphatic carboxylic acids is 1. The number of nitrogens with zero attached hydrogens (tertiary/aromatic N) is 1. The number of carboxylic acid groups (broad SMARTS) is 1. The molecule has 21 heavy (non-hydrogen) atoms. The van der Waals surface area contributed by atoms with Gasteiger partial charge >= 0.3 is 5.97 Å². The third-order valence-corrected chi connectivity index (χ3v) is 3.73. The highest BCUT2D eigenvalue weighted by Crippen LogP contribution is 2.17. The fourth-order valence-electron chi connectivity index (χ4n) is 2.43. The molecule has 0 atom stereocenters. The van der Waals surface area contributed by atoms with Crippen molar-refractivity contribution in [1.82, 2.24) is 4.90 Å². The molecule has 0 aliphatic rings. The lowest BCUT2D eigenvalue weighted by atomic mass is 10.0. The Morgan fingerprint density at radius 2 is 1.81 bits per heavy atom. The smallest absolute Gasteiger partial charge is 0.323 e. The van der Waals surface area contributed by atoms with Crippen molar-refractivity contribution >= 4 is 5.97 Å². The molecule has 0 spiro atoms. The van der Waals surface area contributed by atoms with Gasteiger partial charge in [0.25, 0.3) is 0 Å². The predicted molar refractivity (Wildman–Crippen MR) is 85.0 cm³/mol. The molecule has 0 aromatic heterocycles. The molecule has 0 unspecified atom stereocenters. The lowest BCUT2D eigenvalue weighted by molar-refractivity contribution is -0.149. The SMILES string of the molecule is CCN(CCCOc1cc(C)cc(C)c1)C(C)(C)C(=O)O. The van der Waals surface area contributed by atoms with E-state index in [0.29, 0.717) is 19.7 Å². The molecule has 118 valence electrons. The van der Waals surface area contributed by atoms with Crippen LogP contribution in [0.25, 0.3) is 0 Å². The van der Waals surface area contributed by atoms with Gasteiger partial charge in [-0.2, -0.15) is 0 Å². The second-order valence-corrected chi connectivity index (χ2v) is 5.97. The van der Waals surface area contributed by atoms with E-state index in [1.54, 1.807) is 13.8 Å². The molecule has 0 radical (unpaired) electrons. The van der Waals surface area contributed by atoms with Crippen molar-refractivity contribution < 1.29 is 14.6 Å². The normalized spacial score (nSPS) is 11.7. The van der Waals surface area contributed by atoms with Crippen LogP contribution in [0.15, 0.2) is 18.2 Å². The summed E-state index contributed by atoms with van der Waals surface area (Å²) in [6.45, 7) is 11.6. The minimum Gasteiger partial charge on any atom is -0.494 e. The Kier molecular flexibility index (Phi) is 6.21. The molecule has 4 nitrogen and oxygen atoms in total. The number of hydrogen-bond donors (Lipinski definition) is 1. The molecular weight excluding hydrogens is 266 g/mol.